The van der Waals surface area contributed by atoms with Crippen molar-refractivity contribution in [1.82, 2.24) is 20.1 Å². The molecule has 25 heavy (non-hydrogen) atoms. The van der Waals surface area contributed by atoms with E-state index in [1.165, 1.54) is 0 Å². The predicted molar refractivity (Wildman–Crippen MR) is 97.3 cm³/mol. The number of rotatable bonds is 6. The lowest BCUT2D eigenvalue weighted by atomic mass is 10.2. The highest BCUT2D eigenvalue weighted by Crippen LogP contribution is 2.24. The Hall–Kier alpha value is -1.70. The smallest absolute Gasteiger partial charge is 0.237 e. The molecule has 1 N–H and O–H groups in total. The van der Waals surface area contributed by atoms with Gasteiger partial charge in [0.1, 0.15) is 6.26 Å². The van der Waals surface area contributed by atoms with Gasteiger partial charge in [0, 0.05) is 38.8 Å². The van der Waals surface area contributed by atoms with E-state index in [-0.39, 0.29) is 11.9 Å². The monoisotopic (exact) mass is 360 g/mol. The average Bonchev–Trinajstić information content (AvgIpc) is 3.10. The summed E-state index contributed by atoms with van der Waals surface area (Å²) >= 11 is 1.64. The zero-order valence-electron chi connectivity index (χ0n) is 14.5. The molecule has 1 saturated heterocycles. The van der Waals surface area contributed by atoms with Crippen LogP contribution >= 0.6 is 11.3 Å². The second kappa shape index (κ2) is 7.27. The molecule has 0 spiro atoms. The summed E-state index contributed by atoms with van der Waals surface area (Å²) in [5.41, 5.74) is 0.969. The van der Waals surface area contributed by atoms with Gasteiger partial charge >= 0.3 is 0 Å². The average molecular weight is 360 g/mol. The summed E-state index contributed by atoms with van der Waals surface area (Å²) in [6, 6.07) is 4.41. The normalized spacial score (nSPS) is 20.5. The van der Waals surface area contributed by atoms with Crippen LogP contribution < -0.4 is 5.32 Å². The van der Waals surface area contributed by atoms with Crippen LogP contribution in [-0.4, -0.2) is 59.0 Å². The maximum Gasteiger partial charge on any atom is 0.237 e. The number of carbonyl (C=O) groups excluding carboxylic acids is 1. The second-order valence-electron chi connectivity index (χ2n) is 6.89. The Morgan fingerprint density at radius 2 is 2.20 bits per heavy atom. The van der Waals surface area contributed by atoms with Crippen molar-refractivity contribution in [3.05, 3.63) is 29.5 Å². The van der Waals surface area contributed by atoms with Gasteiger partial charge in [-0.05, 0) is 31.2 Å². The molecule has 2 aromatic rings. The summed E-state index contributed by atoms with van der Waals surface area (Å²) < 4.78 is 5.59. The highest BCUT2D eigenvalue weighted by molar-refractivity contribution is 7.13. The van der Waals surface area contributed by atoms with E-state index in [0.717, 1.165) is 56.1 Å². The minimum absolute atomic E-state index is 0.0415. The molecule has 6 nitrogen and oxygen atoms in total. The number of amides is 1. The van der Waals surface area contributed by atoms with Crippen LogP contribution in [-0.2, 0) is 11.3 Å². The Bertz CT molecular complexity index is 702. The van der Waals surface area contributed by atoms with Crippen molar-refractivity contribution in [2.75, 3.05) is 26.2 Å². The number of carbonyl (C=O) groups is 1. The minimum atomic E-state index is -0.0415. The largest absolute Gasteiger partial charge is 0.444 e. The molecule has 1 aliphatic carbocycles. The van der Waals surface area contributed by atoms with Gasteiger partial charge in [0.15, 0.2) is 0 Å². The van der Waals surface area contributed by atoms with Gasteiger partial charge in [0.05, 0.1) is 16.6 Å². The van der Waals surface area contributed by atoms with Crippen molar-refractivity contribution >= 4 is 17.2 Å². The van der Waals surface area contributed by atoms with E-state index >= 15 is 0 Å². The van der Waals surface area contributed by atoms with Gasteiger partial charge in [-0.1, -0.05) is 6.07 Å². The second-order valence-corrected chi connectivity index (χ2v) is 7.84. The third kappa shape index (κ3) is 4.11. The maximum atomic E-state index is 12.2. The lowest BCUT2D eigenvalue weighted by molar-refractivity contribution is -0.126. The van der Waals surface area contributed by atoms with Crippen molar-refractivity contribution in [1.29, 1.82) is 0 Å². The van der Waals surface area contributed by atoms with Crippen molar-refractivity contribution < 1.29 is 9.21 Å². The quantitative estimate of drug-likeness (QED) is 0.856. The first kappa shape index (κ1) is 16.8. The van der Waals surface area contributed by atoms with Gasteiger partial charge < -0.3 is 9.73 Å². The van der Waals surface area contributed by atoms with Crippen LogP contribution in [0.5, 0.6) is 0 Å². The maximum absolute atomic E-state index is 12.2. The van der Waals surface area contributed by atoms with Crippen molar-refractivity contribution in [2.24, 2.45) is 0 Å². The number of aromatic nitrogens is 1. The Labute approximate surface area is 151 Å². The van der Waals surface area contributed by atoms with Gasteiger partial charge in [-0.25, -0.2) is 4.98 Å². The zero-order valence-corrected chi connectivity index (χ0v) is 15.3. The minimum Gasteiger partial charge on any atom is -0.444 e. The molecule has 1 saturated carbocycles. The summed E-state index contributed by atoms with van der Waals surface area (Å²) in [5, 5.41) is 5.13. The molecule has 2 aromatic heterocycles. The SMILES string of the molecule is CC(C(=O)NC1CC1)N1CCN(Cc2coc(-c3cccs3)n2)CC1. The molecule has 2 fully saturated rings. The number of piperazine rings is 1. The zero-order chi connectivity index (χ0) is 17.2. The van der Waals surface area contributed by atoms with Crippen molar-refractivity contribution in [3.63, 3.8) is 0 Å². The highest BCUT2D eigenvalue weighted by Gasteiger charge is 2.30. The summed E-state index contributed by atoms with van der Waals surface area (Å²) in [5.74, 6) is 0.877. The molecule has 1 unspecified atom stereocenters. The van der Waals surface area contributed by atoms with Gasteiger partial charge in [0.2, 0.25) is 11.8 Å². The topological polar surface area (TPSA) is 61.6 Å². The molecule has 1 atom stereocenters. The lowest BCUT2D eigenvalue weighted by Crippen LogP contribution is -2.53. The fourth-order valence-electron chi connectivity index (χ4n) is 3.15. The lowest BCUT2D eigenvalue weighted by Gasteiger charge is -2.37. The first-order chi connectivity index (χ1) is 12.2. The fraction of sp³-hybridized carbons (Fsp3) is 0.556. The van der Waals surface area contributed by atoms with E-state index in [2.05, 4.69) is 20.1 Å². The van der Waals surface area contributed by atoms with Crippen molar-refractivity contribution in [2.45, 2.75) is 38.4 Å². The molecule has 1 aliphatic heterocycles. The first-order valence-corrected chi connectivity index (χ1v) is 9.82. The van der Waals surface area contributed by atoms with Crippen LogP contribution in [0, 0.1) is 0 Å². The molecule has 134 valence electrons. The van der Waals surface area contributed by atoms with Gasteiger partial charge in [0.25, 0.3) is 0 Å². The van der Waals surface area contributed by atoms with E-state index in [4.69, 9.17) is 4.42 Å². The Morgan fingerprint density at radius 3 is 2.88 bits per heavy atom. The number of nitrogens with zero attached hydrogens (tertiary/aromatic N) is 3. The fourth-order valence-corrected chi connectivity index (χ4v) is 3.80. The van der Waals surface area contributed by atoms with E-state index < -0.39 is 0 Å². The molecule has 2 aliphatic rings. The van der Waals surface area contributed by atoms with Crippen LogP contribution in [0.3, 0.4) is 0 Å². The molecule has 7 heteroatoms. The number of hydrogen-bond acceptors (Lipinski definition) is 6. The van der Waals surface area contributed by atoms with Gasteiger partial charge in [-0.3, -0.25) is 14.6 Å². The molecular formula is C18H24N4O2S. The molecule has 3 heterocycles. The molecule has 4 rings (SSSR count). The van der Waals surface area contributed by atoms with Crippen LogP contribution in [0.15, 0.2) is 28.2 Å². The highest BCUT2D eigenvalue weighted by atomic mass is 32.1. The molecule has 0 bridgehead atoms. The van der Waals surface area contributed by atoms with E-state index in [0.29, 0.717) is 11.9 Å². The standard InChI is InChI=1S/C18H24N4O2S/c1-13(17(23)19-14-4-5-14)22-8-6-21(7-9-22)11-15-12-24-18(20-15)16-3-2-10-25-16/h2-3,10,12-14H,4-9,11H2,1H3,(H,19,23). The Morgan fingerprint density at radius 1 is 1.40 bits per heavy atom. The van der Waals surface area contributed by atoms with Gasteiger partial charge in [-0.15, -0.1) is 11.3 Å². The molecule has 0 radical (unpaired) electrons. The summed E-state index contributed by atoms with van der Waals surface area (Å²) in [6.45, 7) is 6.53. The number of oxazole rings is 1. The van der Waals surface area contributed by atoms with Crippen LogP contribution in [0.1, 0.15) is 25.5 Å². The summed E-state index contributed by atoms with van der Waals surface area (Å²) in [4.78, 5) is 22.5. The summed E-state index contributed by atoms with van der Waals surface area (Å²) in [7, 11) is 0. The molecular weight excluding hydrogens is 336 g/mol. The first-order valence-electron chi connectivity index (χ1n) is 8.94. The molecule has 0 aromatic carbocycles. The van der Waals surface area contributed by atoms with Crippen molar-refractivity contribution in [3.8, 4) is 10.8 Å². The van der Waals surface area contributed by atoms with Crippen LogP contribution in [0.2, 0.25) is 0 Å². The summed E-state index contributed by atoms with van der Waals surface area (Å²) in [6.07, 6.45) is 4.03. The third-order valence-corrected chi connectivity index (χ3v) is 5.78. The number of nitrogens with one attached hydrogen (secondary N) is 1. The Kier molecular flexibility index (Phi) is 4.87. The van der Waals surface area contributed by atoms with Crippen LogP contribution in [0.25, 0.3) is 10.8 Å². The number of hydrogen-bond donors (Lipinski definition) is 1. The Balaban J connectivity index is 1.26. The van der Waals surface area contributed by atoms with E-state index in [1.807, 2.05) is 24.4 Å². The van der Waals surface area contributed by atoms with E-state index in [9.17, 15) is 4.79 Å². The number of thiophene rings is 1. The molecule has 1 amide bonds. The third-order valence-electron chi connectivity index (χ3n) is 4.93. The van der Waals surface area contributed by atoms with Crippen LogP contribution in [0.4, 0.5) is 0 Å². The van der Waals surface area contributed by atoms with Gasteiger partial charge in [-0.2, -0.15) is 0 Å². The predicted octanol–water partition coefficient (Wildman–Crippen LogP) is 2.19. The van der Waals surface area contributed by atoms with E-state index in [1.54, 1.807) is 17.6 Å².